The van der Waals surface area contributed by atoms with Crippen molar-refractivity contribution in [2.45, 2.75) is 38.6 Å². The summed E-state index contributed by atoms with van der Waals surface area (Å²) in [5.74, 6) is -0.0291. The van der Waals surface area contributed by atoms with E-state index in [9.17, 15) is 10.1 Å². The third kappa shape index (κ3) is 4.45. The number of hydrogen-bond donors (Lipinski definition) is 2. The van der Waals surface area contributed by atoms with E-state index in [1.54, 1.807) is 11.3 Å². The molecule has 0 saturated heterocycles. The van der Waals surface area contributed by atoms with E-state index in [2.05, 4.69) is 18.4 Å². The minimum atomic E-state index is -0.0291. The lowest BCUT2D eigenvalue weighted by molar-refractivity contribution is -0.893. The largest absolute Gasteiger partial charge is 0.333 e. The summed E-state index contributed by atoms with van der Waals surface area (Å²) in [7, 11) is 2.06. The van der Waals surface area contributed by atoms with Crippen LogP contribution in [0.2, 0.25) is 5.02 Å². The smallest absolute Gasteiger partial charge is 0.230 e. The normalized spacial score (nSPS) is 14.3. The minimum Gasteiger partial charge on any atom is -0.333 e. The molecule has 0 aliphatic heterocycles. The van der Waals surface area contributed by atoms with Crippen molar-refractivity contribution in [3.05, 3.63) is 50.9 Å². The van der Waals surface area contributed by atoms with Gasteiger partial charge < -0.3 is 10.2 Å². The van der Waals surface area contributed by atoms with Gasteiger partial charge in [-0.15, -0.1) is 11.3 Å². The van der Waals surface area contributed by atoms with Crippen molar-refractivity contribution in [2.75, 3.05) is 18.9 Å². The number of amides is 1. The molecule has 1 aromatic carbocycles. The summed E-state index contributed by atoms with van der Waals surface area (Å²) in [5, 5.41) is 13.9. The Morgan fingerprint density at radius 2 is 2.12 bits per heavy atom. The zero-order chi connectivity index (χ0) is 18.5. The summed E-state index contributed by atoms with van der Waals surface area (Å²) in [6.45, 7) is 1.49. The molecule has 0 saturated carbocycles. The van der Waals surface area contributed by atoms with E-state index in [1.807, 2.05) is 24.3 Å². The number of nitrogens with one attached hydrogen (secondary N) is 2. The summed E-state index contributed by atoms with van der Waals surface area (Å²) < 4.78 is 0. The van der Waals surface area contributed by atoms with Gasteiger partial charge in [0.2, 0.25) is 5.91 Å². The quantitative estimate of drug-likeness (QED) is 0.798. The lowest BCUT2D eigenvalue weighted by Crippen LogP contribution is -3.07. The highest BCUT2D eigenvalue weighted by Crippen LogP contribution is 2.37. The van der Waals surface area contributed by atoms with Crippen LogP contribution < -0.4 is 10.2 Å². The Hall–Kier alpha value is -1.87. The van der Waals surface area contributed by atoms with Crippen molar-refractivity contribution in [2.24, 2.45) is 0 Å². The van der Waals surface area contributed by atoms with Crippen molar-refractivity contribution in [3.63, 3.8) is 0 Å². The van der Waals surface area contributed by atoms with Crippen LogP contribution in [0.1, 0.15) is 40.8 Å². The second kappa shape index (κ2) is 8.68. The van der Waals surface area contributed by atoms with Gasteiger partial charge in [0, 0.05) is 15.5 Å². The highest BCUT2D eigenvalue weighted by Gasteiger charge is 2.22. The van der Waals surface area contributed by atoms with Crippen molar-refractivity contribution in [3.8, 4) is 6.07 Å². The molecule has 0 fully saturated rings. The SMILES string of the molecule is C[NH+](CCC(=O)Nc1sc2c(c1C#N)CCCC2)Cc1ccccc1Cl. The standard InChI is InChI=1S/C20H22ClN3OS/c1-24(13-14-6-2-4-8-17(14)21)11-10-19(25)23-20-16(12-22)15-7-3-5-9-18(15)26-20/h2,4,6,8H,3,5,7,9-11,13H2,1H3,(H,23,25)/p+1. The summed E-state index contributed by atoms with van der Waals surface area (Å²) in [5.41, 5.74) is 2.92. The summed E-state index contributed by atoms with van der Waals surface area (Å²) in [6.07, 6.45) is 4.69. The molecule has 0 radical (unpaired) electrons. The van der Waals surface area contributed by atoms with Gasteiger partial charge in [-0.25, -0.2) is 0 Å². The predicted molar refractivity (Wildman–Crippen MR) is 106 cm³/mol. The molecule has 0 bridgehead atoms. The Morgan fingerprint density at radius 1 is 1.35 bits per heavy atom. The van der Waals surface area contributed by atoms with E-state index in [4.69, 9.17) is 11.6 Å². The number of aryl methyl sites for hydroxylation is 1. The molecular weight excluding hydrogens is 366 g/mol. The van der Waals surface area contributed by atoms with E-state index in [-0.39, 0.29) is 5.91 Å². The van der Waals surface area contributed by atoms with Crippen LogP contribution >= 0.6 is 22.9 Å². The fourth-order valence-electron chi connectivity index (χ4n) is 3.34. The first-order valence-corrected chi connectivity index (χ1v) is 10.2. The maximum Gasteiger partial charge on any atom is 0.230 e. The van der Waals surface area contributed by atoms with Crippen LogP contribution in [0.4, 0.5) is 5.00 Å². The Balaban J connectivity index is 1.55. The maximum atomic E-state index is 12.4. The molecule has 3 rings (SSSR count). The van der Waals surface area contributed by atoms with E-state index in [1.165, 1.54) is 16.2 Å². The van der Waals surface area contributed by atoms with Gasteiger partial charge in [0.05, 0.1) is 25.6 Å². The van der Waals surface area contributed by atoms with E-state index in [0.717, 1.165) is 47.0 Å². The number of benzene rings is 1. The number of quaternary nitrogens is 1. The number of anilines is 1. The third-order valence-electron chi connectivity index (χ3n) is 4.76. The van der Waals surface area contributed by atoms with Gasteiger partial charge in [-0.1, -0.05) is 29.8 Å². The van der Waals surface area contributed by atoms with Crippen LogP contribution in [-0.2, 0) is 24.2 Å². The second-order valence-electron chi connectivity index (χ2n) is 6.80. The number of carbonyl (C=O) groups is 1. The van der Waals surface area contributed by atoms with Crippen molar-refractivity contribution in [1.82, 2.24) is 0 Å². The maximum absolute atomic E-state index is 12.4. The summed E-state index contributed by atoms with van der Waals surface area (Å²) in [4.78, 5) is 14.9. The number of rotatable bonds is 6. The van der Waals surface area contributed by atoms with Crippen LogP contribution in [0, 0.1) is 11.3 Å². The number of hydrogen-bond acceptors (Lipinski definition) is 3. The molecule has 4 nitrogen and oxygen atoms in total. The number of carbonyl (C=O) groups excluding carboxylic acids is 1. The molecule has 1 unspecified atom stereocenters. The fraction of sp³-hybridized carbons (Fsp3) is 0.400. The lowest BCUT2D eigenvalue weighted by Gasteiger charge is -2.14. The molecule has 2 aromatic rings. The van der Waals surface area contributed by atoms with Gasteiger partial charge in [0.15, 0.2) is 0 Å². The molecular formula is C20H23ClN3OS+. The van der Waals surface area contributed by atoms with Gasteiger partial charge in [0.1, 0.15) is 17.6 Å². The molecule has 6 heteroatoms. The van der Waals surface area contributed by atoms with Crippen LogP contribution in [0.5, 0.6) is 0 Å². The Bertz CT molecular complexity index is 840. The fourth-order valence-corrected chi connectivity index (χ4v) is 4.80. The first-order chi connectivity index (χ1) is 12.6. The van der Waals surface area contributed by atoms with Gasteiger partial charge >= 0.3 is 0 Å². The van der Waals surface area contributed by atoms with E-state index < -0.39 is 0 Å². The van der Waals surface area contributed by atoms with Gasteiger partial charge in [0.25, 0.3) is 0 Å². The summed E-state index contributed by atoms with van der Waals surface area (Å²) in [6, 6.07) is 10.1. The number of thiophene rings is 1. The van der Waals surface area contributed by atoms with Gasteiger partial charge in [-0.05, 0) is 37.3 Å². The Morgan fingerprint density at radius 3 is 2.88 bits per heavy atom. The van der Waals surface area contributed by atoms with Crippen LogP contribution in [0.25, 0.3) is 0 Å². The molecule has 1 aliphatic carbocycles. The molecule has 136 valence electrons. The molecule has 1 atom stereocenters. The highest BCUT2D eigenvalue weighted by atomic mass is 35.5. The number of halogens is 1. The van der Waals surface area contributed by atoms with Crippen LogP contribution in [0.3, 0.4) is 0 Å². The van der Waals surface area contributed by atoms with Crippen molar-refractivity contribution in [1.29, 1.82) is 5.26 Å². The van der Waals surface area contributed by atoms with Crippen LogP contribution in [0.15, 0.2) is 24.3 Å². The van der Waals surface area contributed by atoms with Gasteiger partial charge in [-0.2, -0.15) is 5.26 Å². The second-order valence-corrected chi connectivity index (χ2v) is 8.31. The van der Waals surface area contributed by atoms with Gasteiger partial charge in [-0.3, -0.25) is 4.79 Å². The molecule has 1 amide bonds. The molecule has 1 aromatic heterocycles. The molecule has 26 heavy (non-hydrogen) atoms. The van der Waals surface area contributed by atoms with Crippen molar-refractivity contribution < 1.29 is 9.69 Å². The number of fused-ring (bicyclic) bond motifs is 1. The topological polar surface area (TPSA) is 57.3 Å². The lowest BCUT2D eigenvalue weighted by atomic mass is 9.96. The monoisotopic (exact) mass is 388 g/mol. The highest BCUT2D eigenvalue weighted by molar-refractivity contribution is 7.16. The zero-order valence-corrected chi connectivity index (χ0v) is 16.5. The minimum absolute atomic E-state index is 0.0291. The number of nitriles is 1. The Kier molecular flexibility index (Phi) is 6.31. The van der Waals surface area contributed by atoms with Crippen LogP contribution in [-0.4, -0.2) is 19.5 Å². The predicted octanol–water partition coefficient (Wildman–Crippen LogP) is 3.20. The average Bonchev–Trinajstić information content (AvgIpc) is 2.99. The first kappa shape index (κ1) is 18.9. The number of nitrogens with zero attached hydrogens (tertiary/aromatic N) is 1. The Labute approximate surface area is 163 Å². The van der Waals surface area contributed by atoms with E-state index >= 15 is 0 Å². The first-order valence-electron chi connectivity index (χ1n) is 8.97. The van der Waals surface area contributed by atoms with E-state index in [0.29, 0.717) is 18.5 Å². The summed E-state index contributed by atoms with van der Waals surface area (Å²) >= 11 is 7.77. The molecule has 0 spiro atoms. The third-order valence-corrected chi connectivity index (χ3v) is 6.34. The zero-order valence-electron chi connectivity index (χ0n) is 14.9. The molecule has 1 heterocycles. The molecule has 2 N–H and O–H groups in total. The average molecular weight is 389 g/mol. The molecule has 1 aliphatic rings. The van der Waals surface area contributed by atoms with Crippen molar-refractivity contribution >= 4 is 33.8 Å².